The second-order valence-electron chi connectivity index (χ2n) is 16.3. The molecular weight excluding hydrogens is 650 g/mol. The minimum atomic E-state index is -1.58. The second-order valence-corrected chi connectivity index (χ2v) is 16.3. The minimum absolute atomic E-state index is 0. The van der Waals surface area contributed by atoms with E-state index in [2.05, 4.69) is 20.8 Å². The fourth-order valence-electron chi connectivity index (χ4n) is 9.86. The predicted octanol–water partition coefficient (Wildman–Crippen LogP) is 1.57. The molecule has 0 unspecified atom stereocenters. The van der Waals surface area contributed by atoms with Crippen molar-refractivity contribution in [1.82, 2.24) is 0 Å². The molecule has 5 saturated heterocycles. The third-order valence-electron chi connectivity index (χ3n) is 13.0. The van der Waals surface area contributed by atoms with Crippen LogP contribution < -0.4 is 29.6 Å². The molecule has 5 aliphatic heterocycles. The van der Waals surface area contributed by atoms with Crippen LogP contribution in [-0.2, 0) is 33.2 Å². The fraction of sp³-hybridized carbons (Fsp3) is 0.972. The number of aliphatic hydroxyl groups is 3. The molecule has 0 aromatic carbocycles. The van der Waals surface area contributed by atoms with Crippen LogP contribution in [0.25, 0.3) is 0 Å². The Morgan fingerprint density at radius 1 is 1.04 bits per heavy atom. The van der Waals surface area contributed by atoms with Crippen LogP contribution >= 0.6 is 0 Å². The number of carboxylic acids is 1. The van der Waals surface area contributed by atoms with Crippen molar-refractivity contribution in [3.63, 3.8) is 0 Å². The first-order valence-corrected chi connectivity index (χ1v) is 18.3. The van der Waals surface area contributed by atoms with Gasteiger partial charge in [-0.1, -0.05) is 41.5 Å². The molecule has 0 bridgehead atoms. The molecule has 0 aromatic rings. The van der Waals surface area contributed by atoms with E-state index in [9.17, 15) is 29.6 Å². The molecule has 5 heterocycles. The van der Waals surface area contributed by atoms with Gasteiger partial charge in [0, 0.05) is 30.6 Å². The van der Waals surface area contributed by atoms with E-state index in [0.29, 0.717) is 12.8 Å². The van der Waals surface area contributed by atoms with Crippen molar-refractivity contribution in [3.8, 4) is 0 Å². The molecule has 5 fully saturated rings. The van der Waals surface area contributed by atoms with Gasteiger partial charge in [0.25, 0.3) is 0 Å². The van der Waals surface area contributed by atoms with Gasteiger partial charge in [0.1, 0.15) is 0 Å². The number of hydrogen-bond acceptors (Lipinski definition) is 10. The number of rotatable bonds is 11. The topological polar surface area (TPSA) is 153 Å². The monoisotopic (exact) mass is 711 g/mol. The average Bonchev–Trinajstić information content (AvgIpc) is 3.75. The van der Waals surface area contributed by atoms with Gasteiger partial charge in [-0.25, -0.2) is 4.39 Å². The van der Waals surface area contributed by atoms with Gasteiger partial charge in [0.15, 0.2) is 18.4 Å². The van der Waals surface area contributed by atoms with Gasteiger partial charge < -0.3 is 48.8 Å². The number of aliphatic hydroxyl groups excluding tert-OH is 2. The number of aliphatic carboxylic acids is 1. The van der Waals surface area contributed by atoms with Gasteiger partial charge in [0.05, 0.1) is 66.5 Å². The van der Waals surface area contributed by atoms with Crippen LogP contribution in [0.15, 0.2) is 0 Å². The Bertz CT molecular complexity index is 1140. The van der Waals surface area contributed by atoms with Crippen LogP contribution in [0, 0.1) is 35.5 Å². The maximum atomic E-state index is 13.4. The molecule has 5 aliphatic rings. The first-order valence-electron chi connectivity index (χ1n) is 18.3. The Hall–Kier alpha value is 0.0400. The van der Waals surface area contributed by atoms with E-state index in [1.165, 1.54) is 6.92 Å². The normalized spacial score (nSPS) is 49.1. The first-order chi connectivity index (χ1) is 22.5. The van der Waals surface area contributed by atoms with Crippen LogP contribution in [0.1, 0.15) is 107 Å². The molecule has 4 N–H and O–H groups in total. The van der Waals surface area contributed by atoms with Crippen molar-refractivity contribution in [1.29, 1.82) is 0 Å². The maximum absolute atomic E-state index is 13.4. The number of hydrogen-bond donors (Lipinski definition) is 4. The number of alkyl halides is 1. The van der Waals surface area contributed by atoms with Crippen molar-refractivity contribution < 1.29 is 87.6 Å². The molecule has 0 aliphatic carbocycles. The number of halogens is 1. The van der Waals surface area contributed by atoms with Crippen LogP contribution in [0.3, 0.4) is 0 Å². The average molecular weight is 712 g/mol. The summed E-state index contributed by atoms with van der Waals surface area (Å²) in [6, 6.07) is 0. The summed E-state index contributed by atoms with van der Waals surface area (Å²) in [4.78, 5) is 11.8. The number of carbonyl (C=O) groups is 1. The summed E-state index contributed by atoms with van der Waals surface area (Å²) in [5, 5.41) is 41.8. The smallest absolute Gasteiger partial charge is 0.481 e. The molecule has 1 spiro atoms. The van der Waals surface area contributed by atoms with Gasteiger partial charge in [-0.15, -0.1) is 0 Å². The summed E-state index contributed by atoms with van der Waals surface area (Å²) in [6.07, 6.45) is 1.90. The van der Waals surface area contributed by atoms with E-state index >= 15 is 0 Å². The number of ether oxygens (including phenoxy) is 6. The van der Waals surface area contributed by atoms with E-state index < -0.39 is 72.4 Å². The molecule has 13 heteroatoms. The largest absolute Gasteiger partial charge is 1.00 e. The first kappa shape index (κ1) is 41.8. The summed E-state index contributed by atoms with van der Waals surface area (Å²) >= 11 is 0. The van der Waals surface area contributed by atoms with Crippen molar-refractivity contribution in [3.05, 3.63) is 0 Å². The fourth-order valence-corrected chi connectivity index (χ4v) is 9.86. The van der Waals surface area contributed by atoms with Crippen molar-refractivity contribution in [2.75, 3.05) is 13.5 Å². The molecule has 278 valence electrons. The molecule has 0 radical (unpaired) electrons. The third-order valence-corrected chi connectivity index (χ3v) is 13.0. The van der Waals surface area contributed by atoms with Gasteiger partial charge in [-0.05, 0) is 64.2 Å². The van der Waals surface area contributed by atoms with Crippen molar-refractivity contribution in [2.24, 2.45) is 35.5 Å². The maximum Gasteiger partial charge on any atom is 1.00 e. The van der Waals surface area contributed by atoms with E-state index in [1.54, 1.807) is 6.92 Å². The SMILES string of the molecule is CC[C@]1([C@H]2O[C@H]([C@@H]3O[C@](O)(CO)[C@@H](C)C[C@H]3C)C[C@H]2C)CC[C@@H]([C@@]2(C)CC[C@@]3(C[C@@H](O)[C@H](C)[C@H]([C@H](C)[C@H](OCF)[C@H](C)C(=O)O)O3)O2)O1.[Na+]. The Morgan fingerprint density at radius 3 is 2.35 bits per heavy atom. The number of carboxylic acid groups (broad SMARTS) is 1. The zero-order valence-corrected chi connectivity index (χ0v) is 33.1. The van der Waals surface area contributed by atoms with Crippen molar-refractivity contribution >= 4 is 5.97 Å². The van der Waals surface area contributed by atoms with Gasteiger partial charge >= 0.3 is 35.5 Å². The summed E-state index contributed by atoms with van der Waals surface area (Å²) < 4.78 is 52.2. The van der Waals surface area contributed by atoms with E-state index in [4.69, 9.17) is 28.4 Å². The summed E-state index contributed by atoms with van der Waals surface area (Å²) in [6.45, 7) is 13.9. The van der Waals surface area contributed by atoms with E-state index in [1.807, 2.05) is 20.8 Å². The van der Waals surface area contributed by atoms with Crippen LogP contribution in [0.5, 0.6) is 0 Å². The van der Waals surface area contributed by atoms with Gasteiger partial charge in [-0.3, -0.25) is 4.79 Å². The van der Waals surface area contributed by atoms with E-state index in [0.717, 1.165) is 32.1 Å². The van der Waals surface area contributed by atoms with Crippen molar-refractivity contribution in [2.45, 2.75) is 172 Å². The Morgan fingerprint density at radius 2 is 1.73 bits per heavy atom. The van der Waals surface area contributed by atoms with Crippen LogP contribution in [0.4, 0.5) is 4.39 Å². The predicted molar refractivity (Wildman–Crippen MR) is 172 cm³/mol. The van der Waals surface area contributed by atoms with Gasteiger partial charge in [0.2, 0.25) is 0 Å². The minimum Gasteiger partial charge on any atom is -0.481 e. The van der Waals surface area contributed by atoms with Gasteiger partial charge in [-0.2, -0.15) is 0 Å². The summed E-state index contributed by atoms with van der Waals surface area (Å²) in [7, 11) is 0. The standard InChI is InChI=1S/C36H61FO11.Na/c1-9-34(31-20(3)15-26(44-31)28-19(2)14-21(4)36(42,17-38)47-28)11-10-27(45-34)33(8)12-13-35(48-33)16-25(39)22(5)30(46-35)23(6)29(43-18-37)24(7)32(40)41;/h19-31,38-39,42H,9-18H2,1-8H3,(H,40,41);/q;+1/t19-,20-,21+,22+,23-,24+,25-,26+,27+,28-,29+,30-,31+,33-,34-,35+,36-;/m1./s1. The summed E-state index contributed by atoms with van der Waals surface area (Å²) in [5.41, 5.74) is -1.24. The quantitative estimate of drug-likeness (QED) is 0.231. The third kappa shape index (κ3) is 7.83. The Kier molecular flexibility index (Phi) is 13.5. The zero-order valence-electron chi connectivity index (χ0n) is 31.1. The molecule has 0 aromatic heterocycles. The molecule has 0 amide bonds. The second kappa shape index (κ2) is 15.8. The van der Waals surface area contributed by atoms with E-state index in [-0.39, 0.29) is 84.1 Å². The zero-order chi connectivity index (χ0) is 35.4. The molecule has 5 rings (SSSR count). The molecule has 11 nitrogen and oxygen atoms in total. The Labute approximate surface area is 313 Å². The molecule has 17 atom stereocenters. The molecule has 49 heavy (non-hydrogen) atoms. The van der Waals surface area contributed by atoms with Crippen LogP contribution in [0.2, 0.25) is 0 Å². The molecule has 0 saturated carbocycles. The summed E-state index contributed by atoms with van der Waals surface area (Å²) in [5.74, 6) is -5.45. The molecular formula is C36H61FNaO11+. The van der Waals surface area contributed by atoms with Crippen LogP contribution in [-0.4, -0.2) is 105 Å². The Balaban J connectivity index is 0.00000541.